The van der Waals surface area contributed by atoms with Crippen molar-refractivity contribution in [1.82, 2.24) is 15.2 Å². The van der Waals surface area contributed by atoms with Crippen LogP contribution in [0.3, 0.4) is 0 Å². The normalized spacial score (nSPS) is 11.6. The first kappa shape index (κ1) is 17.9. The molecule has 3 rings (SSSR count). The molecule has 0 spiro atoms. The number of hydrogen-bond acceptors (Lipinski definition) is 5. The van der Waals surface area contributed by atoms with Gasteiger partial charge in [0.05, 0.1) is 5.52 Å². The smallest absolute Gasteiger partial charge is 0.422 e. The summed E-state index contributed by atoms with van der Waals surface area (Å²) in [5.41, 5.74) is 3.16. The molecule has 0 fully saturated rings. The zero-order valence-corrected chi connectivity index (χ0v) is 14.2. The third kappa shape index (κ3) is 4.38. The van der Waals surface area contributed by atoms with E-state index < -0.39 is 12.8 Å². The molecule has 2 heterocycles. The van der Waals surface area contributed by atoms with Crippen LogP contribution in [0.4, 0.5) is 13.2 Å². The molecular formula is C18H16F3N3O2. The van der Waals surface area contributed by atoms with Gasteiger partial charge in [0.15, 0.2) is 6.61 Å². The lowest BCUT2D eigenvalue weighted by molar-refractivity contribution is -0.154. The fraction of sp³-hybridized carbons (Fsp3) is 0.278. The molecule has 5 nitrogen and oxygen atoms in total. The van der Waals surface area contributed by atoms with Gasteiger partial charge in [-0.3, -0.25) is 4.98 Å². The van der Waals surface area contributed by atoms with Gasteiger partial charge >= 0.3 is 6.18 Å². The molecule has 0 unspecified atom stereocenters. The molecule has 0 aliphatic heterocycles. The van der Waals surface area contributed by atoms with Crippen molar-refractivity contribution in [2.75, 3.05) is 6.61 Å². The molecule has 0 saturated carbocycles. The van der Waals surface area contributed by atoms with Crippen molar-refractivity contribution in [3.05, 3.63) is 53.3 Å². The molecular weight excluding hydrogens is 347 g/mol. The lowest BCUT2D eigenvalue weighted by Crippen LogP contribution is -2.19. The molecule has 0 amide bonds. The number of ether oxygens (including phenoxy) is 2. The van der Waals surface area contributed by atoms with E-state index in [-0.39, 0.29) is 12.5 Å². The highest BCUT2D eigenvalue weighted by molar-refractivity contribution is 5.88. The van der Waals surface area contributed by atoms with E-state index in [2.05, 4.69) is 19.9 Å². The van der Waals surface area contributed by atoms with E-state index in [1.54, 1.807) is 0 Å². The lowest BCUT2D eigenvalue weighted by Gasteiger charge is -2.12. The van der Waals surface area contributed by atoms with Crippen molar-refractivity contribution in [2.45, 2.75) is 26.6 Å². The van der Waals surface area contributed by atoms with Gasteiger partial charge in [0, 0.05) is 23.2 Å². The SMILES string of the molecule is Cc1cc(OCc2ccc(OCC(F)(F)F)nn2)c2c(C)cccc2n1. The Bertz CT molecular complexity index is 912. The minimum absolute atomic E-state index is 0.124. The highest BCUT2D eigenvalue weighted by atomic mass is 19.4. The van der Waals surface area contributed by atoms with Gasteiger partial charge in [0.25, 0.3) is 0 Å². The third-order valence-electron chi connectivity index (χ3n) is 3.59. The van der Waals surface area contributed by atoms with Crippen LogP contribution in [0.2, 0.25) is 0 Å². The van der Waals surface area contributed by atoms with Crippen LogP contribution in [-0.4, -0.2) is 28.0 Å². The number of rotatable bonds is 5. The number of aromatic nitrogens is 3. The molecule has 0 N–H and O–H groups in total. The molecule has 136 valence electrons. The van der Waals surface area contributed by atoms with Crippen LogP contribution < -0.4 is 9.47 Å². The van der Waals surface area contributed by atoms with E-state index in [1.165, 1.54) is 12.1 Å². The minimum Gasteiger partial charge on any atom is -0.486 e. The maximum absolute atomic E-state index is 12.1. The zero-order valence-electron chi connectivity index (χ0n) is 14.2. The molecule has 8 heteroatoms. The van der Waals surface area contributed by atoms with Gasteiger partial charge in [-0.05, 0) is 31.5 Å². The topological polar surface area (TPSA) is 57.1 Å². The minimum atomic E-state index is -4.42. The summed E-state index contributed by atoms with van der Waals surface area (Å²) in [6.07, 6.45) is -4.42. The van der Waals surface area contributed by atoms with E-state index in [0.717, 1.165) is 22.2 Å². The summed E-state index contributed by atoms with van der Waals surface area (Å²) in [5.74, 6) is 0.483. The number of hydrogen-bond donors (Lipinski definition) is 0. The first-order valence-corrected chi connectivity index (χ1v) is 7.84. The second-order valence-electron chi connectivity index (χ2n) is 5.79. The summed E-state index contributed by atoms with van der Waals surface area (Å²) in [5, 5.41) is 8.38. The average Bonchev–Trinajstić information content (AvgIpc) is 2.58. The molecule has 2 aromatic heterocycles. The van der Waals surface area contributed by atoms with E-state index in [4.69, 9.17) is 4.74 Å². The predicted molar refractivity (Wildman–Crippen MR) is 89.1 cm³/mol. The first-order valence-electron chi connectivity index (χ1n) is 7.84. The maximum Gasteiger partial charge on any atom is 0.422 e. The van der Waals surface area contributed by atoms with E-state index in [0.29, 0.717) is 11.4 Å². The van der Waals surface area contributed by atoms with Crippen LogP contribution in [0.1, 0.15) is 17.0 Å². The number of pyridine rings is 1. The van der Waals surface area contributed by atoms with Gasteiger partial charge in [0.2, 0.25) is 5.88 Å². The monoisotopic (exact) mass is 363 g/mol. The number of aryl methyl sites for hydroxylation is 2. The van der Waals surface area contributed by atoms with Crippen molar-refractivity contribution < 1.29 is 22.6 Å². The molecule has 0 aliphatic rings. The zero-order chi connectivity index (χ0) is 18.7. The largest absolute Gasteiger partial charge is 0.486 e. The highest BCUT2D eigenvalue weighted by Crippen LogP contribution is 2.29. The van der Waals surface area contributed by atoms with Crippen molar-refractivity contribution >= 4 is 10.9 Å². The maximum atomic E-state index is 12.1. The Hall–Kier alpha value is -2.90. The molecule has 0 saturated heterocycles. The third-order valence-corrected chi connectivity index (χ3v) is 3.59. The second kappa shape index (κ2) is 7.15. The van der Waals surface area contributed by atoms with Crippen LogP contribution in [0.5, 0.6) is 11.6 Å². The van der Waals surface area contributed by atoms with Crippen LogP contribution in [-0.2, 0) is 6.61 Å². The Morgan fingerprint density at radius 1 is 1.00 bits per heavy atom. The Labute approximate surface area is 147 Å². The fourth-order valence-corrected chi connectivity index (χ4v) is 2.47. The van der Waals surface area contributed by atoms with Crippen LogP contribution in [0.25, 0.3) is 10.9 Å². The Kier molecular flexibility index (Phi) is 4.92. The number of benzene rings is 1. The van der Waals surface area contributed by atoms with Gasteiger partial charge in [-0.1, -0.05) is 12.1 Å². The van der Waals surface area contributed by atoms with Crippen molar-refractivity contribution in [3.63, 3.8) is 0 Å². The van der Waals surface area contributed by atoms with Crippen molar-refractivity contribution in [2.24, 2.45) is 0 Å². The van der Waals surface area contributed by atoms with Gasteiger partial charge in [0.1, 0.15) is 18.1 Å². The first-order chi connectivity index (χ1) is 12.3. The summed E-state index contributed by atoms with van der Waals surface area (Å²) >= 11 is 0. The molecule has 0 aliphatic carbocycles. The van der Waals surface area contributed by atoms with Crippen LogP contribution >= 0.6 is 0 Å². The van der Waals surface area contributed by atoms with Gasteiger partial charge in [-0.2, -0.15) is 13.2 Å². The Morgan fingerprint density at radius 2 is 1.81 bits per heavy atom. The molecule has 0 atom stereocenters. The fourth-order valence-electron chi connectivity index (χ4n) is 2.47. The quantitative estimate of drug-likeness (QED) is 0.681. The van der Waals surface area contributed by atoms with Gasteiger partial charge < -0.3 is 9.47 Å². The lowest BCUT2D eigenvalue weighted by atomic mass is 10.1. The van der Waals surface area contributed by atoms with Gasteiger partial charge in [-0.25, -0.2) is 0 Å². The predicted octanol–water partition coefficient (Wildman–Crippen LogP) is 4.16. The molecule has 0 radical (unpaired) electrons. The van der Waals surface area contributed by atoms with Crippen LogP contribution in [0, 0.1) is 13.8 Å². The summed E-state index contributed by atoms with van der Waals surface area (Å²) in [4.78, 5) is 4.49. The van der Waals surface area contributed by atoms with E-state index in [1.807, 2.05) is 38.1 Å². The Balaban J connectivity index is 1.72. The van der Waals surface area contributed by atoms with E-state index >= 15 is 0 Å². The van der Waals surface area contributed by atoms with Crippen molar-refractivity contribution in [1.29, 1.82) is 0 Å². The average molecular weight is 363 g/mol. The van der Waals surface area contributed by atoms with Gasteiger partial charge in [-0.15, -0.1) is 10.2 Å². The highest BCUT2D eigenvalue weighted by Gasteiger charge is 2.28. The molecule has 1 aromatic carbocycles. The standard InChI is InChI=1S/C18H16F3N3O2/c1-11-4-3-5-14-17(11)15(8-12(2)22-14)25-9-13-6-7-16(24-23-13)26-10-18(19,20)21/h3-8H,9-10H2,1-2H3. The summed E-state index contributed by atoms with van der Waals surface area (Å²) in [7, 11) is 0. The summed E-state index contributed by atoms with van der Waals surface area (Å²) in [6.45, 7) is 2.57. The molecule has 3 aromatic rings. The number of halogens is 3. The number of alkyl halides is 3. The Morgan fingerprint density at radius 3 is 2.50 bits per heavy atom. The molecule has 0 bridgehead atoms. The summed E-state index contributed by atoms with van der Waals surface area (Å²) in [6, 6.07) is 10.5. The number of fused-ring (bicyclic) bond motifs is 1. The number of nitrogens with zero attached hydrogens (tertiary/aromatic N) is 3. The second-order valence-corrected chi connectivity index (χ2v) is 5.79. The van der Waals surface area contributed by atoms with Crippen LogP contribution in [0.15, 0.2) is 36.4 Å². The summed E-state index contributed by atoms with van der Waals surface area (Å²) < 4.78 is 46.8. The molecule has 26 heavy (non-hydrogen) atoms. The van der Waals surface area contributed by atoms with Crippen molar-refractivity contribution in [3.8, 4) is 11.6 Å². The van der Waals surface area contributed by atoms with E-state index in [9.17, 15) is 13.2 Å².